The largest absolute Gasteiger partial charge is 0.321 e. The highest BCUT2D eigenvalue weighted by molar-refractivity contribution is 7.98. The zero-order chi connectivity index (χ0) is 19.2. The second-order valence-corrected chi connectivity index (χ2v) is 7.42. The minimum Gasteiger partial charge on any atom is -0.321 e. The van der Waals surface area contributed by atoms with E-state index in [0.717, 1.165) is 12.2 Å². The van der Waals surface area contributed by atoms with Crippen molar-refractivity contribution in [2.24, 2.45) is 0 Å². The highest BCUT2D eigenvalue weighted by Crippen LogP contribution is 2.24. The molecular formula is C21H20ClN3OS. The Morgan fingerprint density at radius 3 is 2.59 bits per heavy atom. The quantitative estimate of drug-likeness (QED) is 0.438. The molecule has 0 saturated heterocycles. The van der Waals surface area contributed by atoms with Gasteiger partial charge in [-0.15, -0.1) is 0 Å². The number of hydrogen-bond acceptors (Lipinski definition) is 4. The van der Waals surface area contributed by atoms with Crippen molar-refractivity contribution in [1.29, 1.82) is 0 Å². The van der Waals surface area contributed by atoms with Gasteiger partial charge in [-0.25, -0.2) is 9.97 Å². The molecule has 0 atom stereocenters. The van der Waals surface area contributed by atoms with Crippen LogP contribution in [-0.2, 0) is 12.2 Å². The molecule has 4 nitrogen and oxygen atoms in total. The number of benzene rings is 2. The topological polar surface area (TPSA) is 54.9 Å². The van der Waals surface area contributed by atoms with Crippen molar-refractivity contribution in [2.75, 3.05) is 5.32 Å². The van der Waals surface area contributed by atoms with Crippen LogP contribution in [0.5, 0.6) is 0 Å². The Balaban J connectivity index is 1.72. The van der Waals surface area contributed by atoms with E-state index in [1.807, 2.05) is 36.4 Å². The molecule has 0 aliphatic carbocycles. The first-order chi connectivity index (χ1) is 13.1. The lowest BCUT2D eigenvalue weighted by Crippen LogP contribution is -2.15. The summed E-state index contributed by atoms with van der Waals surface area (Å²) in [5.41, 5.74) is 4.53. The molecule has 3 aromatic rings. The van der Waals surface area contributed by atoms with Crippen LogP contribution in [0.4, 0.5) is 5.69 Å². The number of aryl methyl sites for hydroxylation is 2. The third-order valence-electron chi connectivity index (χ3n) is 4.18. The number of nitrogens with one attached hydrogen (secondary N) is 1. The van der Waals surface area contributed by atoms with Crippen LogP contribution in [0.3, 0.4) is 0 Å². The number of nitrogens with zero attached hydrogens (tertiary/aromatic N) is 2. The second-order valence-electron chi connectivity index (χ2n) is 6.07. The molecule has 1 amide bonds. The number of carbonyl (C=O) groups is 1. The van der Waals surface area contributed by atoms with Crippen LogP contribution < -0.4 is 5.32 Å². The van der Waals surface area contributed by atoms with Gasteiger partial charge in [-0.3, -0.25) is 4.79 Å². The van der Waals surface area contributed by atoms with E-state index < -0.39 is 0 Å². The SMILES string of the molecule is CCc1ccc(NC(=O)c2nc(SCc3ccccc3C)ncc2Cl)cc1. The van der Waals surface area contributed by atoms with Crippen LogP contribution in [0.25, 0.3) is 0 Å². The lowest BCUT2D eigenvalue weighted by molar-refractivity contribution is 0.102. The standard InChI is InChI=1S/C21H20ClN3OS/c1-3-15-8-10-17(11-9-15)24-20(26)19-18(22)12-23-21(25-19)27-13-16-7-5-4-6-14(16)2/h4-12H,3,13H2,1-2H3,(H,24,26). The third kappa shape index (κ3) is 5.08. The molecule has 1 heterocycles. The number of thioether (sulfide) groups is 1. The molecule has 138 valence electrons. The molecule has 0 saturated carbocycles. The molecule has 0 bridgehead atoms. The average Bonchev–Trinajstić information content (AvgIpc) is 2.69. The van der Waals surface area contributed by atoms with Crippen molar-refractivity contribution >= 4 is 35.0 Å². The van der Waals surface area contributed by atoms with Gasteiger partial charge in [0.1, 0.15) is 0 Å². The Bertz CT molecular complexity index is 944. The molecule has 27 heavy (non-hydrogen) atoms. The molecular weight excluding hydrogens is 378 g/mol. The maximum absolute atomic E-state index is 12.6. The first kappa shape index (κ1) is 19.4. The fraction of sp³-hybridized carbons (Fsp3) is 0.190. The summed E-state index contributed by atoms with van der Waals surface area (Å²) in [6.45, 7) is 4.16. The maximum atomic E-state index is 12.6. The molecule has 0 spiro atoms. The lowest BCUT2D eigenvalue weighted by atomic mass is 10.1. The van der Waals surface area contributed by atoms with Gasteiger partial charge in [-0.2, -0.15) is 0 Å². The van der Waals surface area contributed by atoms with Crippen molar-refractivity contribution in [3.8, 4) is 0 Å². The summed E-state index contributed by atoms with van der Waals surface area (Å²) in [7, 11) is 0. The molecule has 0 fully saturated rings. The molecule has 0 unspecified atom stereocenters. The van der Waals surface area contributed by atoms with Crippen molar-refractivity contribution in [3.05, 3.63) is 82.1 Å². The van der Waals surface area contributed by atoms with Crippen molar-refractivity contribution in [3.63, 3.8) is 0 Å². The van der Waals surface area contributed by atoms with Crippen molar-refractivity contribution in [1.82, 2.24) is 9.97 Å². The van der Waals surface area contributed by atoms with Crippen molar-refractivity contribution < 1.29 is 4.79 Å². The van der Waals surface area contributed by atoms with Gasteiger partial charge in [0.2, 0.25) is 0 Å². The van der Waals surface area contributed by atoms with Crippen LogP contribution >= 0.6 is 23.4 Å². The van der Waals surface area contributed by atoms with E-state index in [1.54, 1.807) is 0 Å². The van der Waals surface area contributed by atoms with Crippen LogP contribution in [0.2, 0.25) is 5.02 Å². The maximum Gasteiger partial charge on any atom is 0.275 e. The molecule has 0 aliphatic heterocycles. The lowest BCUT2D eigenvalue weighted by Gasteiger charge is -2.08. The van der Waals surface area contributed by atoms with Gasteiger partial charge in [0.05, 0.1) is 11.2 Å². The molecule has 1 N–H and O–H groups in total. The highest BCUT2D eigenvalue weighted by atomic mass is 35.5. The molecule has 0 aliphatic rings. The van der Waals surface area contributed by atoms with Crippen LogP contribution in [0.15, 0.2) is 59.9 Å². The summed E-state index contributed by atoms with van der Waals surface area (Å²) in [6, 6.07) is 15.9. The van der Waals surface area contributed by atoms with E-state index >= 15 is 0 Å². The zero-order valence-corrected chi connectivity index (χ0v) is 16.8. The van der Waals surface area contributed by atoms with E-state index in [9.17, 15) is 4.79 Å². The number of anilines is 1. The average molecular weight is 398 g/mol. The minimum atomic E-state index is -0.343. The van der Waals surface area contributed by atoms with Gasteiger partial charge in [-0.05, 0) is 42.2 Å². The van der Waals surface area contributed by atoms with Gasteiger partial charge in [0.25, 0.3) is 5.91 Å². The smallest absolute Gasteiger partial charge is 0.275 e. The molecule has 1 aromatic heterocycles. The molecule has 6 heteroatoms. The zero-order valence-electron chi connectivity index (χ0n) is 15.2. The normalized spacial score (nSPS) is 10.6. The van der Waals surface area contributed by atoms with Crippen molar-refractivity contribution in [2.45, 2.75) is 31.2 Å². The van der Waals surface area contributed by atoms with E-state index in [-0.39, 0.29) is 16.6 Å². The highest BCUT2D eigenvalue weighted by Gasteiger charge is 2.15. The Hall–Kier alpha value is -2.37. The van der Waals surface area contributed by atoms with E-state index in [2.05, 4.69) is 41.3 Å². The van der Waals surface area contributed by atoms with Crippen LogP contribution in [0.1, 0.15) is 34.1 Å². The Morgan fingerprint density at radius 1 is 1.15 bits per heavy atom. The minimum absolute atomic E-state index is 0.179. The summed E-state index contributed by atoms with van der Waals surface area (Å²) in [4.78, 5) is 21.2. The number of aromatic nitrogens is 2. The Kier molecular flexibility index (Phi) is 6.48. The molecule has 2 aromatic carbocycles. The first-order valence-electron chi connectivity index (χ1n) is 8.67. The number of rotatable bonds is 6. The van der Waals surface area contributed by atoms with Gasteiger partial charge in [0.15, 0.2) is 10.9 Å². The number of carbonyl (C=O) groups excluding carboxylic acids is 1. The van der Waals surface area contributed by atoms with Crippen LogP contribution in [0, 0.1) is 6.92 Å². The summed E-state index contributed by atoms with van der Waals surface area (Å²) in [5.74, 6) is 0.387. The molecule has 3 rings (SSSR count). The number of amides is 1. The van der Waals surface area contributed by atoms with E-state index in [4.69, 9.17) is 11.6 Å². The van der Waals surface area contributed by atoms with Gasteiger partial charge >= 0.3 is 0 Å². The number of hydrogen-bond donors (Lipinski definition) is 1. The predicted octanol–water partition coefficient (Wildman–Crippen LogP) is 5.55. The van der Waals surface area contributed by atoms with Crippen LogP contribution in [-0.4, -0.2) is 15.9 Å². The summed E-state index contributed by atoms with van der Waals surface area (Å²) in [5, 5.41) is 3.59. The summed E-state index contributed by atoms with van der Waals surface area (Å²) < 4.78 is 0. The van der Waals surface area contributed by atoms with Gasteiger partial charge in [0, 0.05) is 11.4 Å². The summed E-state index contributed by atoms with van der Waals surface area (Å²) in [6.07, 6.45) is 2.43. The fourth-order valence-electron chi connectivity index (χ4n) is 2.51. The van der Waals surface area contributed by atoms with Gasteiger partial charge in [-0.1, -0.05) is 66.7 Å². The predicted molar refractivity (Wildman–Crippen MR) is 112 cm³/mol. The van der Waals surface area contributed by atoms with E-state index in [1.165, 1.54) is 34.6 Å². The van der Waals surface area contributed by atoms with E-state index in [0.29, 0.717) is 10.8 Å². The van der Waals surface area contributed by atoms with Gasteiger partial charge < -0.3 is 5.32 Å². The molecule has 0 radical (unpaired) electrons. The number of halogens is 1. The second kappa shape index (κ2) is 9.02. The summed E-state index contributed by atoms with van der Waals surface area (Å²) >= 11 is 7.63. The monoisotopic (exact) mass is 397 g/mol. The fourth-order valence-corrected chi connectivity index (χ4v) is 3.58. The third-order valence-corrected chi connectivity index (χ3v) is 5.36. The first-order valence-corrected chi connectivity index (χ1v) is 10.0. The Labute approximate surface area is 168 Å². The Morgan fingerprint density at radius 2 is 1.89 bits per heavy atom.